The van der Waals surface area contributed by atoms with Crippen LogP contribution in [0, 0.1) is 16.0 Å². The van der Waals surface area contributed by atoms with E-state index in [2.05, 4.69) is 12.1 Å². The molecule has 2 aromatic carbocycles. The highest BCUT2D eigenvalue weighted by Crippen LogP contribution is 2.48. The van der Waals surface area contributed by atoms with E-state index < -0.39 is 0 Å². The fraction of sp³-hybridized carbons (Fsp3) is 0.350. The summed E-state index contributed by atoms with van der Waals surface area (Å²) in [6, 6.07) is 17.0. The third-order valence-electron chi connectivity index (χ3n) is 5.35. The summed E-state index contributed by atoms with van der Waals surface area (Å²) in [6.45, 7) is 2.48. The van der Waals surface area contributed by atoms with Crippen LogP contribution in [0.25, 0.3) is 0 Å². The summed E-state index contributed by atoms with van der Waals surface area (Å²) in [5.74, 6) is 0.660. The van der Waals surface area contributed by atoms with Crippen molar-refractivity contribution in [2.75, 3.05) is 31.1 Å². The largest absolute Gasteiger partial charge is 0.362 e. The SMILES string of the molecule is O=C(C1CC1c1ccccc1)N1CCN(c2ccccc2[N+](=O)[O-])CC1. The molecule has 1 saturated carbocycles. The van der Waals surface area contributed by atoms with Crippen molar-refractivity contribution in [2.24, 2.45) is 5.92 Å². The molecule has 2 fully saturated rings. The standard InChI is InChI=1S/C20H21N3O3/c24-20(17-14-16(17)15-6-2-1-3-7-15)22-12-10-21(11-13-22)18-8-4-5-9-19(18)23(25)26/h1-9,16-17H,10-14H2. The first-order chi connectivity index (χ1) is 12.6. The van der Waals surface area contributed by atoms with Crippen LogP contribution in [0.3, 0.4) is 0 Å². The molecule has 0 N–H and O–H groups in total. The number of rotatable bonds is 4. The second-order valence-electron chi connectivity index (χ2n) is 6.92. The van der Waals surface area contributed by atoms with Crippen molar-refractivity contribution < 1.29 is 9.72 Å². The van der Waals surface area contributed by atoms with Crippen LogP contribution < -0.4 is 4.90 Å². The Bertz CT molecular complexity index is 816. The molecule has 4 rings (SSSR count). The normalized spacial score (nSPS) is 22.2. The molecule has 1 aliphatic heterocycles. The van der Waals surface area contributed by atoms with Crippen LogP contribution in [0.1, 0.15) is 17.9 Å². The molecule has 6 heteroatoms. The first-order valence-electron chi connectivity index (χ1n) is 8.97. The minimum absolute atomic E-state index is 0.0926. The Morgan fingerprint density at radius 3 is 2.31 bits per heavy atom. The summed E-state index contributed by atoms with van der Waals surface area (Å²) in [7, 11) is 0. The Kier molecular flexibility index (Phi) is 4.32. The van der Waals surface area contributed by atoms with Crippen molar-refractivity contribution in [1.29, 1.82) is 0 Å². The highest BCUT2D eigenvalue weighted by Gasteiger charge is 2.46. The second kappa shape index (κ2) is 6.78. The maximum Gasteiger partial charge on any atom is 0.292 e. The van der Waals surface area contributed by atoms with Gasteiger partial charge in [-0.3, -0.25) is 14.9 Å². The van der Waals surface area contributed by atoms with Crippen molar-refractivity contribution >= 4 is 17.3 Å². The van der Waals surface area contributed by atoms with Crippen molar-refractivity contribution in [1.82, 2.24) is 4.90 Å². The van der Waals surface area contributed by atoms with Crippen LogP contribution in [0.15, 0.2) is 54.6 Å². The molecule has 1 saturated heterocycles. The zero-order chi connectivity index (χ0) is 18.1. The molecular formula is C20H21N3O3. The first kappa shape index (κ1) is 16.6. The molecule has 2 aromatic rings. The molecule has 26 heavy (non-hydrogen) atoms. The summed E-state index contributed by atoms with van der Waals surface area (Å²) >= 11 is 0. The number of carbonyl (C=O) groups excluding carboxylic acids is 1. The van der Waals surface area contributed by atoms with Crippen LogP contribution in [0.4, 0.5) is 11.4 Å². The maximum atomic E-state index is 12.8. The smallest absolute Gasteiger partial charge is 0.292 e. The maximum absolute atomic E-state index is 12.8. The Balaban J connectivity index is 1.37. The van der Waals surface area contributed by atoms with Gasteiger partial charge in [0.1, 0.15) is 5.69 Å². The Morgan fingerprint density at radius 2 is 1.62 bits per heavy atom. The molecule has 1 heterocycles. The van der Waals surface area contributed by atoms with Gasteiger partial charge >= 0.3 is 0 Å². The predicted octanol–water partition coefficient (Wildman–Crippen LogP) is 3.05. The van der Waals surface area contributed by atoms with Crippen molar-refractivity contribution in [2.45, 2.75) is 12.3 Å². The van der Waals surface area contributed by atoms with Gasteiger partial charge in [-0.05, 0) is 24.0 Å². The molecule has 2 aliphatic rings. The molecule has 1 aliphatic carbocycles. The van der Waals surface area contributed by atoms with E-state index in [4.69, 9.17) is 0 Å². The monoisotopic (exact) mass is 351 g/mol. The Labute approximate surface area is 152 Å². The zero-order valence-corrected chi connectivity index (χ0v) is 14.5. The molecule has 1 amide bonds. The first-order valence-corrected chi connectivity index (χ1v) is 8.97. The van der Waals surface area contributed by atoms with Gasteiger partial charge in [0.05, 0.1) is 4.92 Å². The summed E-state index contributed by atoms with van der Waals surface area (Å²) in [6.07, 6.45) is 0.924. The number of benzene rings is 2. The molecule has 2 unspecified atom stereocenters. The lowest BCUT2D eigenvalue weighted by Gasteiger charge is -2.36. The topological polar surface area (TPSA) is 66.7 Å². The van der Waals surface area contributed by atoms with E-state index in [0.717, 1.165) is 6.42 Å². The van der Waals surface area contributed by atoms with Crippen LogP contribution in [-0.4, -0.2) is 41.9 Å². The van der Waals surface area contributed by atoms with Gasteiger partial charge in [-0.2, -0.15) is 0 Å². The second-order valence-corrected chi connectivity index (χ2v) is 6.92. The van der Waals surface area contributed by atoms with Gasteiger partial charge < -0.3 is 9.80 Å². The van der Waals surface area contributed by atoms with E-state index in [-0.39, 0.29) is 22.4 Å². The summed E-state index contributed by atoms with van der Waals surface area (Å²) in [5.41, 5.74) is 2.00. The lowest BCUT2D eigenvalue weighted by atomic mass is 10.1. The molecule has 6 nitrogen and oxygen atoms in total. The molecule has 0 spiro atoms. The molecule has 134 valence electrons. The van der Waals surface area contributed by atoms with Gasteiger partial charge in [0.2, 0.25) is 5.91 Å². The van der Waals surface area contributed by atoms with Crippen LogP contribution in [0.5, 0.6) is 0 Å². The van der Waals surface area contributed by atoms with E-state index in [1.807, 2.05) is 34.1 Å². The number of amides is 1. The highest BCUT2D eigenvalue weighted by atomic mass is 16.6. The highest BCUT2D eigenvalue weighted by molar-refractivity contribution is 5.83. The molecule has 2 atom stereocenters. The number of para-hydroxylation sites is 2. The molecule has 0 radical (unpaired) electrons. The van der Waals surface area contributed by atoms with Gasteiger partial charge in [-0.1, -0.05) is 42.5 Å². The van der Waals surface area contributed by atoms with Crippen molar-refractivity contribution in [3.05, 3.63) is 70.3 Å². The fourth-order valence-corrected chi connectivity index (χ4v) is 3.82. The molecule has 0 aromatic heterocycles. The third kappa shape index (κ3) is 3.14. The number of hydrogen-bond donors (Lipinski definition) is 0. The summed E-state index contributed by atoms with van der Waals surface area (Å²) < 4.78 is 0. The quantitative estimate of drug-likeness (QED) is 0.627. The minimum Gasteiger partial charge on any atom is -0.362 e. The minimum atomic E-state index is -0.346. The van der Waals surface area contributed by atoms with Gasteiger partial charge in [-0.25, -0.2) is 0 Å². The van der Waals surface area contributed by atoms with Gasteiger partial charge in [-0.15, -0.1) is 0 Å². The van der Waals surface area contributed by atoms with Crippen LogP contribution in [-0.2, 0) is 4.79 Å². The fourth-order valence-electron chi connectivity index (χ4n) is 3.82. The van der Waals surface area contributed by atoms with E-state index in [1.165, 1.54) is 11.6 Å². The van der Waals surface area contributed by atoms with E-state index in [1.54, 1.807) is 12.1 Å². The number of carbonyl (C=O) groups is 1. The number of piperazine rings is 1. The van der Waals surface area contributed by atoms with E-state index in [0.29, 0.717) is 37.8 Å². The van der Waals surface area contributed by atoms with Gasteiger partial charge in [0.15, 0.2) is 0 Å². The number of nitro groups is 1. The average molecular weight is 351 g/mol. The third-order valence-corrected chi connectivity index (χ3v) is 5.35. The van der Waals surface area contributed by atoms with Gasteiger partial charge in [0.25, 0.3) is 5.69 Å². The predicted molar refractivity (Wildman–Crippen MR) is 99.2 cm³/mol. The summed E-state index contributed by atoms with van der Waals surface area (Å²) in [5, 5.41) is 11.2. The van der Waals surface area contributed by atoms with Crippen LogP contribution in [0.2, 0.25) is 0 Å². The zero-order valence-electron chi connectivity index (χ0n) is 14.5. The average Bonchev–Trinajstić information content (AvgIpc) is 3.49. The number of hydrogen-bond acceptors (Lipinski definition) is 4. The van der Waals surface area contributed by atoms with Crippen LogP contribution >= 0.6 is 0 Å². The lowest BCUT2D eigenvalue weighted by molar-refractivity contribution is -0.384. The molecular weight excluding hydrogens is 330 g/mol. The van der Waals surface area contributed by atoms with E-state index in [9.17, 15) is 14.9 Å². The Morgan fingerprint density at radius 1 is 0.962 bits per heavy atom. The number of anilines is 1. The number of nitrogens with zero attached hydrogens (tertiary/aromatic N) is 3. The Hall–Kier alpha value is -2.89. The van der Waals surface area contributed by atoms with Gasteiger partial charge in [0, 0.05) is 38.2 Å². The van der Waals surface area contributed by atoms with E-state index >= 15 is 0 Å². The lowest BCUT2D eigenvalue weighted by Crippen LogP contribution is -2.49. The molecule has 0 bridgehead atoms. The summed E-state index contributed by atoms with van der Waals surface area (Å²) in [4.78, 5) is 27.6. The van der Waals surface area contributed by atoms with Crippen molar-refractivity contribution in [3.63, 3.8) is 0 Å². The number of nitro benzene ring substituents is 1. The van der Waals surface area contributed by atoms with Crippen molar-refractivity contribution in [3.8, 4) is 0 Å².